The Labute approximate surface area is 108 Å². The Morgan fingerprint density at radius 1 is 1.21 bits per heavy atom. The van der Waals surface area contributed by atoms with Crippen molar-refractivity contribution < 1.29 is 4.79 Å². The molecule has 1 heterocycles. The van der Waals surface area contributed by atoms with Gasteiger partial charge < -0.3 is 10.3 Å². The third-order valence-electron chi connectivity index (χ3n) is 2.92. The normalized spacial score (nSPS) is 10.2. The number of benzene rings is 1. The molecule has 98 valence electrons. The minimum absolute atomic E-state index is 0.138. The molecular formula is C13H13N3O3. The Morgan fingerprint density at radius 3 is 2.63 bits per heavy atom. The first-order valence-electron chi connectivity index (χ1n) is 5.68. The van der Waals surface area contributed by atoms with Gasteiger partial charge in [-0.2, -0.15) is 0 Å². The highest BCUT2D eigenvalue weighted by atomic mass is 16.2. The van der Waals surface area contributed by atoms with E-state index >= 15 is 0 Å². The first-order valence-corrected chi connectivity index (χ1v) is 5.68. The minimum Gasteiger partial charge on any atom is -0.322 e. The van der Waals surface area contributed by atoms with E-state index in [0.717, 1.165) is 17.3 Å². The van der Waals surface area contributed by atoms with Crippen LogP contribution in [-0.2, 0) is 0 Å². The number of nitrogens with one attached hydrogen (secondary N) is 3. The molecule has 0 bridgehead atoms. The van der Waals surface area contributed by atoms with Gasteiger partial charge in [-0.1, -0.05) is 12.1 Å². The summed E-state index contributed by atoms with van der Waals surface area (Å²) in [7, 11) is 0. The van der Waals surface area contributed by atoms with E-state index in [1.54, 1.807) is 6.07 Å². The quantitative estimate of drug-likeness (QED) is 0.748. The molecule has 6 nitrogen and oxygen atoms in total. The molecule has 1 aromatic heterocycles. The third kappa shape index (κ3) is 2.62. The maximum Gasteiger partial charge on any atom is 0.325 e. The fraction of sp³-hybridized carbons (Fsp3) is 0.154. The van der Waals surface area contributed by atoms with Crippen molar-refractivity contribution in [1.29, 1.82) is 0 Å². The molecule has 0 radical (unpaired) electrons. The molecule has 0 unspecified atom stereocenters. The van der Waals surface area contributed by atoms with Crippen LogP contribution in [0.3, 0.4) is 0 Å². The van der Waals surface area contributed by atoms with E-state index in [0.29, 0.717) is 5.69 Å². The second kappa shape index (κ2) is 4.93. The van der Waals surface area contributed by atoms with Gasteiger partial charge in [0.2, 0.25) is 0 Å². The standard InChI is InChI=1S/C13H13N3O3/c1-7-4-3-5-10(8(7)2)15-11(17)9-6-14-13(19)16-12(9)18/h3-6H,1-2H3,(H,15,17)(H2,14,16,18,19). The van der Waals surface area contributed by atoms with Crippen LogP contribution in [0, 0.1) is 13.8 Å². The Bertz CT molecular complexity index is 743. The summed E-state index contributed by atoms with van der Waals surface area (Å²) in [5.74, 6) is -0.564. The van der Waals surface area contributed by atoms with Crippen molar-refractivity contribution in [2.45, 2.75) is 13.8 Å². The van der Waals surface area contributed by atoms with Crippen molar-refractivity contribution in [3.8, 4) is 0 Å². The molecule has 2 rings (SSSR count). The number of hydrogen-bond donors (Lipinski definition) is 3. The second-order valence-corrected chi connectivity index (χ2v) is 4.19. The van der Waals surface area contributed by atoms with Gasteiger partial charge >= 0.3 is 5.69 Å². The van der Waals surface area contributed by atoms with E-state index in [2.05, 4.69) is 10.3 Å². The Balaban J connectivity index is 2.34. The maximum absolute atomic E-state index is 12.0. The van der Waals surface area contributed by atoms with Crippen LogP contribution in [0.4, 0.5) is 5.69 Å². The first-order chi connectivity index (χ1) is 8.99. The molecule has 19 heavy (non-hydrogen) atoms. The van der Waals surface area contributed by atoms with Gasteiger partial charge in [0.25, 0.3) is 11.5 Å². The van der Waals surface area contributed by atoms with Crippen molar-refractivity contribution in [2.75, 3.05) is 5.32 Å². The summed E-state index contributed by atoms with van der Waals surface area (Å²) in [5.41, 5.74) is 1.10. The van der Waals surface area contributed by atoms with E-state index in [1.165, 1.54) is 0 Å². The molecule has 2 aromatic rings. The van der Waals surface area contributed by atoms with Gasteiger partial charge in [-0.15, -0.1) is 0 Å². The summed E-state index contributed by atoms with van der Waals surface area (Å²) in [6.07, 6.45) is 1.10. The molecule has 1 aromatic carbocycles. The van der Waals surface area contributed by atoms with Gasteiger partial charge in [-0.05, 0) is 31.0 Å². The molecule has 0 aliphatic rings. The minimum atomic E-state index is -0.716. The van der Waals surface area contributed by atoms with Crippen molar-refractivity contribution in [3.05, 3.63) is 61.9 Å². The Morgan fingerprint density at radius 2 is 1.95 bits per heavy atom. The van der Waals surface area contributed by atoms with Gasteiger partial charge in [0.1, 0.15) is 5.56 Å². The smallest absolute Gasteiger partial charge is 0.322 e. The summed E-state index contributed by atoms with van der Waals surface area (Å²) >= 11 is 0. The van der Waals surface area contributed by atoms with E-state index in [1.807, 2.05) is 31.0 Å². The zero-order valence-electron chi connectivity index (χ0n) is 10.5. The van der Waals surface area contributed by atoms with Crippen LogP contribution in [0.5, 0.6) is 0 Å². The van der Waals surface area contributed by atoms with Crippen molar-refractivity contribution in [1.82, 2.24) is 9.97 Å². The molecule has 1 amide bonds. The molecule has 0 saturated heterocycles. The predicted octanol–water partition coefficient (Wildman–Crippen LogP) is 0.932. The average Bonchev–Trinajstić information content (AvgIpc) is 2.34. The zero-order valence-corrected chi connectivity index (χ0v) is 10.5. The number of aryl methyl sites for hydroxylation is 1. The first kappa shape index (κ1) is 12.8. The number of amides is 1. The summed E-state index contributed by atoms with van der Waals surface area (Å²) < 4.78 is 0. The Kier molecular flexibility index (Phi) is 3.33. The largest absolute Gasteiger partial charge is 0.325 e. The van der Waals surface area contributed by atoms with Gasteiger partial charge in [0.15, 0.2) is 0 Å². The van der Waals surface area contributed by atoms with E-state index in [9.17, 15) is 14.4 Å². The fourth-order valence-electron chi connectivity index (χ4n) is 1.65. The SMILES string of the molecule is Cc1cccc(NC(=O)c2c[nH]c(=O)[nH]c2=O)c1C. The van der Waals surface area contributed by atoms with Gasteiger partial charge in [-0.25, -0.2) is 4.79 Å². The third-order valence-corrected chi connectivity index (χ3v) is 2.92. The second-order valence-electron chi connectivity index (χ2n) is 4.19. The molecule has 0 atom stereocenters. The van der Waals surface area contributed by atoms with E-state index in [-0.39, 0.29) is 5.56 Å². The number of rotatable bonds is 2. The number of aromatic nitrogens is 2. The Hall–Kier alpha value is -2.63. The lowest BCUT2D eigenvalue weighted by molar-refractivity contribution is 0.102. The maximum atomic E-state index is 12.0. The fourth-order valence-corrected chi connectivity index (χ4v) is 1.65. The molecule has 3 N–H and O–H groups in total. The molecule has 0 fully saturated rings. The van der Waals surface area contributed by atoms with Crippen LogP contribution in [0.25, 0.3) is 0 Å². The van der Waals surface area contributed by atoms with Crippen LogP contribution in [0.2, 0.25) is 0 Å². The number of hydrogen-bond acceptors (Lipinski definition) is 3. The number of H-pyrrole nitrogens is 2. The van der Waals surface area contributed by atoms with Crippen molar-refractivity contribution in [2.24, 2.45) is 0 Å². The molecule has 6 heteroatoms. The number of carbonyl (C=O) groups is 1. The highest BCUT2D eigenvalue weighted by Crippen LogP contribution is 2.18. The van der Waals surface area contributed by atoms with Crippen LogP contribution < -0.4 is 16.6 Å². The average molecular weight is 259 g/mol. The van der Waals surface area contributed by atoms with Crippen LogP contribution in [0.1, 0.15) is 21.5 Å². The van der Waals surface area contributed by atoms with Crippen LogP contribution >= 0.6 is 0 Å². The van der Waals surface area contributed by atoms with Gasteiger partial charge in [0, 0.05) is 11.9 Å². The molecule has 0 aliphatic heterocycles. The van der Waals surface area contributed by atoms with Gasteiger partial charge in [0.05, 0.1) is 0 Å². The van der Waals surface area contributed by atoms with Gasteiger partial charge in [-0.3, -0.25) is 14.6 Å². The van der Waals surface area contributed by atoms with Crippen molar-refractivity contribution in [3.63, 3.8) is 0 Å². The lowest BCUT2D eigenvalue weighted by Crippen LogP contribution is -2.29. The topological polar surface area (TPSA) is 94.8 Å². The molecule has 0 aliphatic carbocycles. The summed E-state index contributed by atoms with van der Waals surface area (Å²) in [4.78, 5) is 38.6. The summed E-state index contributed by atoms with van der Waals surface area (Å²) in [5, 5.41) is 2.65. The lowest BCUT2D eigenvalue weighted by atomic mass is 10.1. The lowest BCUT2D eigenvalue weighted by Gasteiger charge is -2.09. The van der Waals surface area contributed by atoms with Crippen LogP contribution in [0.15, 0.2) is 34.0 Å². The highest BCUT2D eigenvalue weighted by molar-refractivity contribution is 6.04. The van der Waals surface area contributed by atoms with Crippen LogP contribution in [-0.4, -0.2) is 15.9 Å². The monoisotopic (exact) mass is 259 g/mol. The zero-order chi connectivity index (χ0) is 14.0. The number of aromatic amines is 2. The molecule has 0 spiro atoms. The highest BCUT2D eigenvalue weighted by Gasteiger charge is 2.12. The predicted molar refractivity (Wildman–Crippen MR) is 71.6 cm³/mol. The molecular weight excluding hydrogens is 246 g/mol. The number of carbonyl (C=O) groups excluding carboxylic acids is 1. The van der Waals surface area contributed by atoms with E-state index < -0.39 is 17.2 Å². The summed E-state index contributed by atoms with van der Waals surface area (Å²) in [6.45, 7) is 3.81. The van der Waals surface area contributed by atoms with Crippen molar-refractivity contribution >= 4 is 11.6 Å². The van der Waals surface area contributed by atoms with E-state index in [4.69, 9.17) is 0 Å². The molecule has 0 saturated carbocycles. The number of anilines is 1. The summed E-state index contributed by atoms with van der Waals surface area (Å²) in [6, 6.07) is 5.49.